The Labute approximate surface area is 141 Å². The maximum absolute atomic E-state index is 8.89. The number of carboxylic acid groups (broad SMARTS) is 1. The zero-order chi connectivity index (χ0) is 17.9. The molecule has 24 heavy (non-hydrogen) atoms. The highest BCUT2D eigenvalue weighted by molar-refractivity contribution is 5.90. The van der Waals surface area contributed by atoms with Gasteiger partial charge < -0.3 is 25.3 Å². The van der Waals surface area contributed by atoms with Gasteiger partial charge in [0.1, 0.15) is 18.5 Å². The Morgan fingerprint density at radius 1 is 1.29 bits per heavy atom. The van der Waals surface area contributed by atoms with Crippen molar-refractivity contribution in [1.82, 2.24) is 5.32 Å². The number of pyridine rings is 1. The van der Waals surface area contributed by atoms with Gasteiger partial charge in [-0.2, -0.15) is 0 Å². The van der Waals surface area contributed by atoms with Crippen molar-refractivity contribution in [3.8, 4) is 5.75 Å². The average Bonchev–Trinajstić information content (AvgIpc) is 2.52. The Kier molecular flexibility index (Phi) is 7.77. The highest BCUT2D eigenvalue weighted by Crippen LogP contribution is 2.16. The molecule has 3 N–H and O–H groups in total. The van der Waals surface area contributed by atoms with Gasteiger partial charge in [-0.3, -0.25) is 5.41 Å². The van der Waals surface area contributed by atoms with Crippen LogP contribution in [0.4, 0.5) is 5.69 Å². The summed E-state index contributed by atoms with van der Waals surface area (Å²) in [6, 6.07) is 11.6. The van der Waals surface area contributed by atoms with E-state index in [1.54, 1.807) is 7.11 Å². The summed E-state index contributed by atoms with van der Waals surface area (Å²) >= 11 is 0. The summed E-state index contributed by atoms with van der Waals surface area (Å²) < 4.78 is 7.20. The van der Waals surface area contributed by atoms with E-state index in [1.807, 2.05) is 60.4 Å². The number of para-hydroxylation sites is 1. The minimum Gasteiger partial charge on any atom is -0.550 e. The molecule has 0 atom stereocenters. The van der Waals surface area contributed by atoms with Crippen molar-refractivity contribution < 1.29 is 19.2 Å². The summed E-state index contributed by atoms with van der Waals surface area (Å²) in [5.41, 5.74) is 1.88. The highest BCUT2D eigenvalue weighted by atomic mass is 16.5. The Morgan fingerprint density at radius 3 is 2.58 bits per heavy atom. The van der Waals surface area contributed by atoms with Crippen molar-refractivity contribution in [3.05, 3.63) is 54.4 Å². The summed E-state index contributed by atoms with van der Waals surface area (Å²) in [7, 11) is 3.59. The van der Waals surface area contributed by atoms with Crippen LogP contribution in [0.5, 0.6) is 5.75 Å². The van der Waals surface area contributed by atoms with Crippen LogP contribution in [0.1, 0.15) is 12.5 Å². The van der Waals surface area contributed by atoms with Crippen LogP contribution in [0.25, 0.3) is 0 Å². The number of anilines is 1. The Hall–Kier alpha value is -3.09. The molecule has 0 radical (unpaired) electrons. The van der Waals surface area contributed by atoms with Crippen LogP contribution in [0.2, 0.25) is 0 Å². The lowest BCUT2D eigenvalue weighted by atomic mass is 10.2. The summed E-state index contributed by atoms with van der Waals surface area (Å²) in [4.78, 5) is 8.89. The quantitative estimate of drug-likeness (QED) is 0.428. The average molecular weight is 330 g/mol. The number of rotatable bonds is 4. The lowest BCUT2D eigenvalue weighted by Crippen LogP contribution is -2.32. The predicted octanol–water partition coefficient (Wildman–Crippen LogP) is 0.412. The number of hydrogen-bond acceptors (Lipinski definition) is 4. The molecule has 0 amide bonds. The SMILES string of the molecule is CC(=O)[O-].COc1ccccc1CNC(=N)Nc1ccc[n+](C)c1. The zero-order valence-electron chi connectivity index (χ0n) is 14.0. The third-order valence-electron chi connectivity index (χ3n) is 2.86. The molecule has 0 fully saturated rings. The Morgan fingerprint density at radius 2 is 1.96 bits per heavy atom. The van der Waals surface area contributed by atoms with Crippen molar-refractivity contribution in [2.45, 2.75) is 13.5 Å². The fraction of sp³-hybridized carbons (Fsp3) is 0.235. The topological polar surface area (TPSA) is 101 Å². The van der Waals surface area contributed by atoms with Crippen LogP contribution in [0.15, 0.2) is 48.8 Å². The highest BCUT2D eigenvalue weighted by Gasteiger charge is 2.04. The summed E-state index contributed by atoms with van der Waals surface area (Å²) in [5.74, 6) is -0.0129. The number of aliphatic carboxylic acids is 1. The van der Waals surface area contributed by atoms with E-state index in [2.05, 4.69) is 10.6 Å². The molecule has 0 saturated carbocycles. The molecule has 2 rings (SSSR count). The van der Waals surface area contributed by atoms with Gasteiger partial charge in [0.2, 0.25) is 0 Å². The fourth-order valence-corrected chi connectivity index (χ4v) is 1.88. The zero-order valence-corrected chi connectivity index (χ0v) is 14.0. The van der Waals surface area contributed by atoms with E-state index in [0.29, 0.717) is 6.54 Å². The van der Waals surface area contributed by atoms with Crippen LogP contribution in [0, 0.1) is 5.41 Å². The first kappa shape index (κ1) is 19.0. The number of carbonyl (C=O) groups is 1. The molecule has 2 aromatic rings. The molecular weight excluding hydrogens is 308 g/mol. The normalized spacial score (nSPS) is 9.29. The molecule has 0 spiro atoms. The third-order valence-corrected chi connectivity index (χ3v) is 2.86. The van der Waals surface area contributed by atoms with E-state index < -0.39 is 5.97 Å². The first-order chi connectivity index (χ1) is 11.4. The van der Waals surface area contributed by atoms with Gasteiger partial charge in [-0.25, -0.2) is 4.57 Å². The van der Waals surface area contributed by atoms with E-state index in [9.17, 15) is 0 Å². The van der Waals surface area contributed by atoms with Crippen LogP contribution in [-0.4, -0.2) is 19.0 Å². The van der Waals surface area contributed by atoms with Gasteiger partial charge >= 0.3 is 0 Å². The van der Waals surface area contributed by atoms with Crippen molar-refractivity contribution in [2.75, 3.05) is 12.4 Å². The molecule has 0 unspecified atom stereocenters. The van der Waals surface area contributed by atoms with Crippen LogP contribution >= 0.6 is 0 Å². The van der Waals surface area contributed by atoms with E-state index >= 15 is 0 Å². The summed E-state index contributed by atoms with van der Waals surface area (Å²) in [6.45, 7) is 1.51. The number of guanidine groups is 1. The number of aryl methyl sites for hydroxylation is 1. The molecule has 1 aromatic carbocycles. The van der Waals surface area contributed by atoms with E-state index in [0.717, 1.165) is 23.9 Å². The van der Waals surface area contributed by atoms with Gasteiger partial charge in [0.15, 0.2) is 18.4 Å². The number of aromatic nitrogens is 1. The number of carboxylic acids is 1. The molecule has 0 aliphatic rings. The maximum atomic E-state index is 8.89. The lowest BCUT2D eigenvalue weighted by molar-refractivity contribution is -0.670. The fourth-order valence-electron chi connectivity index (χ4n) is 1.88. The molecule has 7 nitrogen and oxygen atoms in total. The van der Waals surface area contributed by atoms with Crippen molar-refractivity contribution >= 4 is 17.6 Å². The van der Waals surface area contributed by atoms with Crippen LogP contribution in [0.3, 0.4) is 0 Å². The van der Waals surface area contributed by atoms with Gasteiger partial charge in [-0.1, -0.05) is 18.2 Å². The standard InChI is InChI=1S/C15H19N4O.C2H4O2/c1-19-9-5-7-13(11-19)18-15(16)17-10-12-6-3-4-8-14(12)20-2;1-2(3)4/h3-9,11H,10H2,1-2H3,(H3,16,17,18);1H3,(H,3,4)/q+1;/p-1. The minimum atomic E-state index is -1.08. The predicted molar refractivity (Wildman–Crippen MR) is 89.5 cm³/mol. The van der Waals surface area contributed by atoms with Gasteiger partial charge in [-0.05, 0) is 19.1 Å². The maximum Gasteiger partial charge on any atom is 0.193 e. The molecule has 7 heteroatoms. The number of methoxy groups -OCH3 is 1. The minimum absolute atomic E-state index is 0.252. The number of nitrogens with one attached hydrogen (secondary N) is 3. The molecule has 128 valence electrons. The molecular formula is C17H22N4O3. The van der Waals surface area contributed by atoms with E-state index in [4.69, 9.17) is 20.0 Å². The van der Waals surface area contributed by atoms with Gasteiger partial charge in [0.25, 0.3) is 0 Å². The second kappa shape index (κ2) is 9.83. The number of hydrogen-bond donors (Lipinski definition) is 3. The summed E-state index contributed by atoms with van der Waals surface area (Å²) in [5, 5.41) is 22.8. The number of nitrogens with zero attached hydrogens (tertiary/aromatic N) is 1. The Bertz CT molecular complexity index is 685. The molecule has 1 aromatic heterocycles. The number of carbonyl (C=O) groups excluding carboxylic acids is 1. The smallest absolute Gasteiger partial charge is 0.193 e. The van der Waals surface area contributed by atoms with Crippen molar-refractivity contribution in [2.24, 2.45) is 7.05 Å². The van der Waals surface area contributed by atoms with Crippen LogP contribution < -0.4 is 25.0 Å². The van der Waals surface area contributed by atoms with Crippen molar-refractivity contribution in [1.29, 1.82) is 5.41 Å². The van der Waals surface area contributed by atoms with Crippen LogP contribution in [-0.2, 0) is 18.4 Å². The van der Waals surface area contributed by atoms with E-state index in [-0.39, 0.29) is 5.96 Å². The van der Waals surface area contributed by atoms with Crippen molar-refractivity contribution in [3.63, 3.8) is 0 Å². The first-order valence-corrected chi connectivity index (χ1v) is 7.26. The molecule has 0 saturated heterocycles. The Balaban J connectivity index is 0.000000648. The third kappa shape index (κ3) is 7.26. The van der Waals surface area contributed by atoms with Gasteiger partial charge in [-0.15, -0.1) is 0 Å². The second-order valence-electron chi connectivity index (χ2n) is 4.92. The number of ether oxygens (including phenoxy) is 1. The van der Waals surface area contributed by atoms with E-state index in [1.165, 1.54) is 0 Å². The van der Waals surface area contributed by atoms with Gasteiger partial charge in [0.05, 0.1) is 7.11 Å². The molecule has 0 aliphatic heterocycles. The first-order valence-electron chi connectivity index (χ1n) is 7.26. The lowest BCUT2D eigenvalue weighted by Gasteiger charge is -2.11. The molecule has 1 heterocycles. The monoisotopic (exact) mass is 330 g/mol. The molecule has 0 aliphatic carbocycles. The second-order valence-corrected chi connectivity index (χ2v) is 4.92. The summed E-state index contributed by atoms with van der Waals surface area (Å²) in [6.07, 6.45) is 3.86. The molecule has 0 bridgehead atoms. The van der Waals surface area contributed by atoms with Gasteiger partial charge in [0, 0.05) is 24.1 Å². The largest absolute Gasteiger partial charge is 0.550 e. The number of benzene rings is 1.